The Morgan fingerprint density at radius 1 is 1.30 bits per heavy atom. The van der Waals surface area contributed by atoms with Crippen LogP contribution in [0.5, 0.6) is 0 Å². The minimum atomic E-state index is -0.492. The molecule has 2 amide bonds. The number of ether oxygens (including phenoxy) is 1. The average molecular weight is 359 g/mol. The van der Waals surface area contributed by atoms with Gasteiger partial charge >= 0.3 is 5.97 Å². The van der Waals surface area contributed by atoms with Crippen molar-refractivity contribution >= 4 is 41.1 Å². The SMILES string of the molecule is CCCC(=O)OCSc1ccc(Cl)cc1C(=O)NCCC(N)=O. The predicted molar refractivity (Wildman–Crippen MR) is 89.3 cm³/mol. The van der Waals surface area contributed by atoms with Gasteiger partial charge in [-0.05, 0) is 24.6 Å². The van der Waals surface area contributed by atoms with E-state index >= 15 is 0 Å². The molecular formula is C15H19ClN2O4S. The molecule has 0 aliphatic rings. The molecular weight excluding hydrogens is 340 g/mol. The van der Waals surface area contributed by atoms with Crippen LogP contribution in [0.4, 0.5) is 0 Å². The monoisotopic (exact) mass is 358 g/mol. The number of halogens is 1. The summed E-state index contributed by atoms with van der Waals surface area (Å²) in [7, 11) is 0. The summed E-state index contributed by atoms with van der Waals surface area (Å²) in [5.74, 6) is -1.02. The third-order valence-corrected chi connectivity index (χ3v) is 3.87. The van der Waals surface area contributed by atoms with Gasteiger partial charge in [0.25, 0.3) is 5.91 Å². The highest BCUT2D eigenvalue weighted by molar-refractivity contribution is 7.99. The lowest BCUT2D eigenvalue weighted by atomic mass is 10.2. The number of nitrogens with two attached hydrogens (primary N) is 1. The van der Waals surface area contributed by atoms with E-state index in [1.807, 2.05) is 6.92 Å². The number of amides is 2. The van der Waals surface area contributed by atoms with Crippen LogP contribution in [0, 0.1) is 0 Å². The van der Waals surface area contributed by atoms with Gasteiger partial charge in [-0.25, -0.2) is 0 Å². The van der Waals surface area contributed by atoms with Crippen LogP contribution < -0.4 is 11.1 Å². The van der Waals surface area contributed by atoms with Gasteiger partial charge in [-0.15, -0.1) is 0 Å². The number of carbonyl (C=O) groups is 3. The van der Waals surface area contributed by atoms with Crippen molar-refractivity contribution in [2.75, 3.05) is 12.5 Å². The molecule has 8 heteroatoms. The number of hydrogen-bond donors (Lipinski definition) is 2. The Morgan fingerprint density at radius 2 is 2.04 bits per heavy atom. The molecule has 0 aliphatic heterocycles. The van der Waals surface area contributed by atoms with Crippen LogP contribution >= 0.6 is 23.4 Å². The summed E-state index contributed by atoms with van der Waals surface area (Å²) in [4.78, 5) is 34.8. The van der Waals surface area contributed by atoms with Crippen LogP contribution in [0.2, 0.25) is 5.02 Å². The minimum Gasteiger partial charge on any atom is -0.454 e. The topological polar surface area (TPSA) is 98.5 Å². The van der Waals surface area contributed by atoms with Crippen molar-refractivity contribution in [1.29, 1.82) is 0 Å². The fraction of sp³-hybridized carbons (Fsp3) is 0.400. The molecule has 0 fully saturated rings. The highest BCUT2D eigenvalue weighted by Crippen LogP contribution is 2.26. The predicted octanol–water partition coefficient (Wildman–Crippen LogP) is 2.34. The molecule has 0 aliphatic carbocycles. The number of benzene rings is 1. The van der Waals surface area contributed by atoms with Gasteiger partial charge in [-0.2, -0.15) is 0 Å². The zero-order chi connectivity index (χ0) is 17.2. The summed E-state index contributed by atoms with van der Waals surface area (Å²) >= 11 is 7.15. The Morgan fingerprint density at radius 3 is 2.70 bits per heavy atom. The van der Waals surface area contributed by atoms with E-state index in [1.165, 1.54) is 17.8 Å². The zero-order valence-electron chi connectivity index (χ0n) is 12.8. The first-order valence-corrected chi connectivity index (χ1v) is 8.44. The molecule has 0 radical (unpaired) electrons. The van der Waals surface area contributed by atoms with E-state index in [-0.39, 0.29) is 30.8 Å². The van der Waals surface area contributed by atoms with Crippen molar-refractivity contribution in [3.8, 4) is 0 Å². The molecule has 0 heterocycles. The van der Waals surface area contributed by atoms with Gasteiger partial charge in [0, 0.05) is 29.3 Å². The molecule has 0 atom stereocenters. The number of primary amides is 1. The number of nitrogens with one attached hydrogen (secondary N) is 1. The van der Waals surface area contributed by atoms with E-state index in [2.05, 4.69) is 5.32 Å². The molecule has 126 valence electrons. The van der Waals surface area contributed by atoms with E-state index in [9.17, 15) is 14.4 Å². The number of thioether (sulfide) groups is 1. The van der Waals surface area contributed by atoms with Crippen molar-refractivity contribution in [3.63, 3.8) is 0 Å². The first kappa shape index (κ1) is 19.3. The van der Waals surface area contributed by atoms with Crippen LogP contribution in [0.3, 0.4) is 0 Å². The quantitative estimate of drug-likeness (QED) is 0.401. The number of hydrogen-bond acceptors (Lipinski definition) is 5. The summed E-state index contributed by atoms with van der Waals surface area (Å²) in [5.41, 5.74) is 5.39. The van der Waals surface area contributed by atoms with Crippen LogP contribution in [-0.2, 0) is 14.3 Å². The van der Waals surface area contributed by atoms with E-state index in [0.29, 0.717) is 21.9 Å². The van der Waals surface area contributed by atoms with Crippen molar-refractivity contribution in [2.24, 2.45) is 5.73 Å². The van der Waals surface area contributed by atoms with Gasteiger partial charge in [-0.3, -0.25) is 14.4 Å². The van der Waals surface area contributed by atoms with Gasteiger partial charge in [0.15, 0.2) is 0 Å². The number of esters is 1. The molecule has 0 aromatic heterocycles. The largest absolute Gasteiger partial charge is 0.454 e. The fourth-order valence-electron chi connectivity index (χ4n) is 1.63. The Balaban J connectivity index is 2.66. The summed E-state index contributed by atoms with van der Waals surface area (Å²) < 4.78 is 5.06. The average Bonchev–Trinajstić information content (AvgIpc) is 2.48. The van der Waals surface area contributed by atoms with E-state index in [4.69, 9.17) is 22.1 Å². The normalized spacial score (nSPS) is 10.2. The second kappa shape index (κ2) is 10.1. The smallest absolute Gasteiger partial charge is 0.306 e. The van der Waals surface area contributed by atoms with Gasteiger partial charge in [-0.1, -0.05) is 30.3 Å². The Bertz CT molecular complexity index is 581. The van der Waals surface area contributed by atoms with Crippen molar-refractivity contribution in [1.82, 2.24) is 5.32 Å². The number of carbonyl (C=O) groups excluding carboxylic acids is 3. The summed E-state index contributed by atoms with van der Waals surface area (Å²) in [6.07, 6.45) is 1.14. The molecule has 0 unspecified atom stereocenters. The lowest BCUT2D eigenvalue weighted by Gasteiger charge is -2.10. The second-order valence-electron chi connectivity index (χ2n) is 4.64. The first-order chi connectivity index (χ1) is 10.9. The highest BCUT2D eigenvalue weighted by atomic mass is 35.5. The Labute approximate surface area is 144 Å². The molecule has 23 heavy (non-hydrogen) atoms. The minimum absolute atomic E-state index is 0.0589. The van der Waals surface area contributed by atoms with Crippen LogP contribution in [0.15, 0.2) is 23.1 Å². The summed E-state index contributed by atoms with van der Waals surface area (Å²) in [5, 5.41) is 3.01. The standard InChI is InChI=1S/C15H19ClN2O4S/c1-2-3-14(20)22-9-23-12-5-4-10(16)8-11(12)15(21)18-7-6-13(17)19/h4-5,8H,2-3,6-7,9H2,1H3,(H2,17,19)(H,18,21). The lowest BCUT2D eigenvalue weighted by Crippen LogP contribution is -2.28. The first-order valence-electron chi connectivity index (χ1n) is 7.08. The molecule has 0 spiro atoms. The fourth-order valence-corrected chi connectivity index (χ4v) is 2.60. The molecule has 0 bridgehead atoms. The maximum atomic E-state index is 12.2. The molecule has 0 saturated heterocycles. The summed E-state index contributed by atoms with van der Waals surface area (Å²) in [6, 6.07) is 4.86. The molecule has 0 saturated carbocycles. The van der Waals surface area contributed by atoms with E-state index < -0.39 is 5.91 Å². The third-order valence-electron chi connectivity index (χ3n) is 2.73. The van der Waals surface area contributed by atoms with Crippen LogP contribution in [0.1, 0.15) is 36.5 Å². The van der Waals surface area contributed by atoms with Crippen molar-refractivity contribution in [3.05, 3.63) is 28.8 Å². The van der Waals surface area contributed by atoms with E-state index in [0.717, 1.165) is 6.42 Å². The molecule has 6 nitrogen and oxygen atoms in total. The Hall–Kier alpha value is -1.73. The zero-order valence-corrected chi connectivity index (χ0v) is 14.3. The second-order valence-corrected chi connectivity index (χ2v) is 6.04. The highest BCUT2D eigenvalue weighted by Gasteiger charge is 2.13. The Kier molecular flexibility index (Phi) is 8.50. The maximum Gasteiger partial charge on any atom is 0.306 e. The third kappa shape index (κ3) is 7.38. The molecule has 1 aromatic carbocycles. The van der Waals surface area contributed by atoms with Crippen LogP contribution in [-0.4, -0.2) is 30.3 Å². The van der Waals surface area contributed by atoms with Gasteiger partial charge in [0.05, 0.1) is 5.56 Å². The lowest BCUT2D eigenvalue weighted by molar-refractivity contribution is -0.141. The molecule has 1 aromatic rings. The molecule has 3 N–H and O–H groups in total. The van der Waals surface area contributed by atoms with E-state index in [1.54, 1.807) is 12.1 Å². The van der Waals surface area contributed by atoms with Crippen molar-refractivity contribution < 1.29 is 19.1 Å². The van der Waals surface area contributed by atoms with Gasteiger partial charge in [0.2, 0.25) is 5.91 Å². The molecule has 1 rings (SSSR count). The van der Waals surface area contributed by atoms with Crippen LogP contribution in [0.25, 0.3) is 0 Å². The maximum absolute atomic E-state index is 12.2. The van der Waals surface area contributed by atoms with Crippen molar-refractivity contribution in [2.45, 2.75) is 31.1 Å². The van der Waals surface area contributed by atoms with Gasteiger partial charge < -0.3 is 15.8 Å². The summed E-state index contributed by atoms with van der Waals surface area (Å²) in [6.45, 7) is 2.04. The number of rotatable bonds is 9. The van der Waals surface area contributed by atoms with Gasteiger partial charge in [0.1, 0.15) is 5.94 Å².